The molecule has 0 aliphatic rings. The van der Waals surface area contributed by atoms with Crippen molar-refractivity contribution in [2.24, 2.45) is 0 Å². The van der Waals surface area contributed by atoms with Crippen LogP contribution in [0.5, 0.6) is 0 Å². The Bertz CT molecular complexity index is 1010. The van der Waals surface area contributed by atoms with Crippen molar-refractivity contribution in [2.45, 2.75) is 13.1 Å². The lowest BCUT2D eigenvalue weighted by Crippen LogP contribution is -2.12. The molecule has 0 radical (unpaired) electrons. The van der Waals surface area contributed by atoms with E-state index in [4.69, 9.17) is 0 Å². The van der Waals surface area contributed by atoms with Crippen molar-refractivity contribution in [1.29, 1.82) is 0 Å². The molecule has 2 aromatic carbocycles. The lowest BCUT2D eigenvalue weighted by Gasteiger charge is -2.08. The molecule has 0 unspecified atom stereocenters. The summed E-state index contributed by atoms with van der Waals surface area (Å²) in [4.78, 5) is 26.7. The SMILES string of the molecule is CC(=O)Nc1cccc(NC(=O)c2ccc(-c3noc(C(F)(F)F)n3)cc2)c1. The average molecular weight is 390 g/mol. The summed E-state index contributed by atoms with van der Waals surface area (Å²) < 4.78 is 41.7. The summed E-state index contributed by atoms with van der Waals surface area (Å²) in [7, 11) is 0. The third kappa shape index (κ3) is 4.53. The van der Waals surface area contributed by atoms with Crippen molar-refractivity contribution < 1.29 is 27.3 Å². The van der Waals surface area contributed by atoms with E-state index >= 15 is 0 Å². The molecule has 0 aliphatic carbocycles. The topological polar surface area (TPSA) is 97.1 Å². The molecule has 0 bridgehead atoms. The molecule has 144 valence electrons. The molecular weight excluding hydrogens is 377 g/mol. The van der Waals surface area contributed by atoms with Crippen LogP contribution in [0.25, 0.3) is 11.4 Å². The van der Waals surface area contributed by atoms with Crippen LogP contribution in [0.1, 0.15) is 23.2 Å². The summed E-state index contributed by atoms with van der Waals surface area (Å²) in [5.74, 6) is -2.35. The Morgan fingerprint density at radius 1 is 1.00 bits per heavy atom. The number of alkyl halides is 3. The Hall–Kier alpha value is -3.69. The van der Waals surface area contributed by atoms with Crippen molar-refractivity contribution in [3.05, 3.63) is 60.0 Å². The number of benzene rings is 2. The first-order valence-electron chi connectivity index (χ1n) is 7.93. The monoisotopic (exact) mass is 390 g/mol. The van der Waals surface area contributed by atoms with Crippen molar-refractivity contribution >= 4 is 23.2 Å². The smallest absolute Gasteiger partial charge is 0.329 e. The summed E-state index contributed by atoms with van der Waals surface area (Å²) in [6.45, 7) is 1.37. The van der Waals surface area contributed by atoms with Crippen LogP contribution >= 0.6 is 0 Å². The summed E-state index contributed by atoms with van der Waals surface area (Å²) >= 11 is 0. The van der Waals surface area contributed by atoms with Crippen molar-refractivity contribution in [2.75, 3.05) is 10.6 Å². The zero-order valence-corrected chi connectivity index (χ0v) is 14.4. The van der Waals surface area contributed by atoms with Gasteiger partial charge in [0.2, 0.25) is 11.7 Å². The maximum atomic E-state index is 12.5. The van der Waals surface area contributed by atoms with Crippen LogP contribution in [0.4, 0.5) is 24.5 Å². The van der Waals surface area contributed by atoms with Crippen molar-refractivity contribution in [3.8, 4) is 11.4 Å². The minimum absolute atomic E-state index is 0.234. The van der Waals surface area contributed by atoms with Crippen LogP contribution in [-0.4, -0.2) is 22.0 Å². The Labute approximate surface area is 156 Å². The molecule has 3 aromatic rings. The number of carbonyl (C=O) groups is 2. The van der Waals surface area contributed by atoms with Crippen LogP contribution in [-0.2, 0) is 11.0 Å². The van der Waals surface area contributed by atoms with Crippen molar-refractivity contribution in [1.82, 2.24) is 10.1 Å². The van der Waals surface area contributed by atoms with Gasteiger partial charge in [0.15, 0.2) is 0 Å². The third-order valence-corrected chi connectivity index (χ3v) is 3.51. The van der Waals surface area contributed by atoms with Gasteiger partial charge in [0.25, 0.3) is 5.91 Å². The van der Waals surface area contributed by atoms with Gasteiger partial charge in [0, 0.05) is 29.4 Å². The zero-order chi connectivity index (χ0) is 20.3. The molecule has 28 heavy (non-hydrogen) atoms. The quantitative estimate of drug-likeness (QED) is 0.703. The highest BCUT2D eigenvalue weighted by atomic mass is 19.4. The summed E-state index contributed by atoms with van der Waals surface area (Å²) in [6, 6.07) is 12.2. The fourth-order valence-corrected chi connectivity index (χ4v) is 2.31. The molecule has 10 heteroatoms. The molecule has 0 saturated carbocycles. The number of anilines is 2. The van der Waals surface area contributed by atoms with Gasteiger partial charge >= 0.3 is 12.1 Å². The highest BCUT2D eigenvalue weighted by molar-refractivity contribution is 6.04. The number of hydrogen-bond acceptors (Lipinski definition) is 5. The number of amides is 2. The first-order chi connectivity index (χ1) is 13.2. The standard InChI is InChI=1S/C18H13F3N4O3/c1-10(26)22-13-3-2-4-14(9-13)23-16(27)12-7-5-11(6-8-12)15-24-17(28-25-15)18(19,20)21/h2-9H,1H3,(H,22,26)(H,23,27). The van der Waals surface area contributed by atoms with Gasteiger partial charge in [-0.2, -0.15) is 18.2 Å². The first kappa shape index (κ1) is 19.1. The van der Waals surface area contributed by atoms with Gasteiger partial charge in [0.1, 0.15) is 0 Å². The molecule has 2 N–H and O–H groups in total. The van der Waals surface area contributed by atoms with E-state index in [1.165, 1.54) is 31.2 Å². The van der Waals surface area contributed by atoms with Gasteiger partial charge < -0.3 is 15.2 Å². The summed E-state index contributed by atoms with van der Waals surface area (Å²) in [6.07, 6.45) is -4.73. The van der Waals surface area contributed by atoms with Gasteiger partial charge in [-0.05, 0) is 30.3 Å². The zero-order valence-electron chi connectivity index (χ0n) is 14.4. The van der Waals surface area contributed by atoms with E-state index in [0.29, 0.717) is 11.4 Å². The van der Waals surface area contributed by atoms with E-state index in [1.54, 1.807) is 24.3 Å². The van der Waals surface area contributed by atoms with Crippen LogP contribution in [0.2, 0.25) is 0 Å². The highest BCUT2D eigenvalue weighted by Gasteiger charge is 2.38. The highest BCUT2D eigenvalue weighted by Crippen LogP contribution is 2.29. The van der Waals surface area contributed by atoms with Gasteiger partial charge in [-0.15, -0.1) is 0 Å². The third-order valence-electron chi connectivity index (χ3n) is 3.51. The molecule has 0 spiro atoms. The molecule has 0 aliphatic heterocycles. The number of nitrogens with zero attached hydrogens (tertiary/aromatic N) is 2. The second-order valence-electron chi connectivity index (χ2n) is 5.71. The minimum Gasteiger partial charge on any atom is -0.329 e. The molecule has 0 saturated heterocycles. The van der Waals surface area contributed by atoms with Gasteiger partial charge in [-0.25, -0.2) is 0 Å². The Balaban J connectivity index is 1.72. The molecule has 1 heterocycles. The normalized spacial score (nSPS) is 11.1. The van der Waals surface area contributed by atoms with Crippen LogP contribution in [0.15, 0.2) is 53.1 Å². The van der Waals surface area contributed by atoms with Crippen LogP contribution < -0.4 is 10.6 Å². The van der Waals surface area contributed by atoms with Crippen LogP contribution in [0, 0.1) is 0 Å². The van der Waals surface area contributed by atoms with E-state index in [-0.39, 0.29) is 22.9 Å². The fourth-order valence-electron chi connectivity index (χ4n) is 2.31. The van der Waals surface area contributed by atoms with Gasteiger partial charge in [0.05, 0.1) is 0 Å². The van der Waals surface area contributed by atoms with E-state index in [2.05, 4.69) is 25.3 Å². The first-order valence-corrected chi connectivity index (χ1v) is 7.93. The van der Waals surface area contributed by atoms with Gasteiger partial charge in [-0.3, -0.25) is 9.59 Å². The second kappa shape index (κ2) is 7.51. The number of halogens is 3. The summed E-state index contributed by atoms with van der Waals surface area (Å²) in [5.41, 5.74) is 1.53. The van der Waals surface area contributed by atoms with E-state index < -0.39 is 18.0 Å². The Morgan fingerprint density at radius 3 is 2.21 bits per heavy atom. The maximum absolute atomic E-state index is 12.5. The molecule has 3 rings (SSSR count). The predicted molar refractivity (Wildman–Crippen MR) is 93.4 cm³/mol. The largest absolute Gasteiger partial charge is 0.471 e. The lowest BCUT2D eigenvalue weighted by molar-refractivity contribution is -0.159. The molecule has 1 aromatic heterocycles. The minimum atomic E-state index is -4.73. The maximum Gasteiger partial charge on any atom is 0.471 e. The predicted octanol–water partition coefficient (Wildman–Crippen LogP) is 3.97. The Morgan fingerprint density at radius 2 is 1.64 bits per heavy atom. The summed E-state index contributed by atoms with van der Waals surface area (Å²) in [5, 5.41) is 8.56. The van der Waals surface area contributed by atoms with E-state index in [0.717, 1.165) is 0 Å². The van der Waals surface area contributed by atoms with Crippen molar-refractivity contribution in [3.63, 3.8) is 0 Å². The van der Waals surface area contributed by atoms with E-state index in [9.17, 15) is 22.8 Å². The van der Waals surface area contributed by atoms with Crippen LogP contribution in [0.3, 0.4) is 0 Å². The number of carbonyl (C=O) groups excluding carboxylic acids is 2. The fraction of sp³-hybridized carbons (Fsp3) is 0.111. The number of rotatable bonds is 4. The van der Waals surface area contributed by atoms with Gasteiger partial charge in [-0.1, -0.05) is 23.4 Å². The molecule has 7 nitrogen and oxygen atoms in total. The number of nitrogens with one attached hydrogen (secondary N) is 2. The molecule has 0 fully saturated rings. The second-order valence-corrected chi connectivity index (χ2v) is 5.71. The van der Waals surface area contributed by atoms with E-state index in [1.807, 2.05) is 0 Å². The number of hydrogen-bond donors (Lipinski definition) is 2. The molecule has 2 amide bonds. The Kier molecular flexibility index (Phi) is 5.12. The molecular formula is C18H13F3N4O3. The lowest BCUT2D eigenvalue weighted by atomic mass is 10.1. The molecule has 0 atom stereocenters. The average Bonchev–Trinajstić information content (AvgIpc) is 3.12. The number of aromatic nitrogens is 2.